The molecule has 1 fully saturated rings. The van der Waals surface area contributed by atoms with Crippen LogP contribution in [0.3, 0.4) is 0 Å². The van der Waals surface area contributed by atoms with Gasteiger partial charge in [0.1, 0.15) is 11.5 Å². The summed E-state index contributed by atoms with van der Waals surface area (Å²) in [5.41, 5.74) is 0.708. The summed E-state index contributed by atoms with van der Waals surface area (Å²) in [4.78, 5) is 6.96. The number of hydrogen-bond donors (Lipinski definition) is 1. The SMILES string of the molecule is CCN1CCCC1CNc1nncc(-c2ccc(C)o2)n1. The number of nitrogens with one attached hydrogen (secondary N) is 1. The maximum absolute atomic E-state index is 5.57. The van der Waals surface area contributed by atoms with Crippen molar-refractivity contribution in [1.29, 1.82) is 0 Å². The molecule has 2 aromatic rings. The normalized spacial score (nSPS) is 19.0. The Morgan fingerprint density at radius 3 is 3.10 bits per heavy atom. The molecule has 1 N–H and O–H groups in total. The number of furan rings is 1. The van der Waals surface area contributed by atoms with E-state index < -0.39 is 0 Å². The standard InChI is InChI=1S/C15H21N5O/c1-3-20-8-4-5-12(20)9-16-15-18-13(10-17-19-15)14-7-6-11(2)21-14/h6-7,10,12H,3-5,8-9H2,1-2H3,(H,16,18,19). The maximum Gasteiger partial charge on any atom is 0.243 e. The van der Waals surface area contributed by atoms with Gasteiger partial charge in [-0.1, -0.05) is 6.92 Å². The Labute approximate surface area is 124 Å². The van der Waals surface area contributed by atoms with Crippen molar-refractivity contribution >= 4 is 5.95 Å². The third-order valence-electron chi connectivity index (χ3n) is 3.95. The van der Waals surface area contributed by atoms with Crippen LogP contribution in [0.4, 0.5) is 5.95 Å². The van der Waals surface area contributed by atoms with Crippen LogP contribution in [0, 0.1) is 6.92 Å². The summed E-state index contributed by atoms with van der Waals surface area (Å²) < 4.78 is 5.57. The van der Waals surface area contributed by atoms with E-state index in [0.29, 0.717) is 17.7 Å². The zero-order valence-electron chi connectivity index (χ0n) is 12.5. The highest BCUT2D eigenvalue weighted by Crippen LogP contribution is 2.20. The molecule has 112 valence electrons. The fraction of sp³-hybridized carbons (Fsp3) is 0.533. The molecule has 1 aliphatic rings. The number of aryl methyl sites for hydroxylation is 1. The average molecular weight is 287 g/mol. The van der Waals surface area contributed by atoms with E-state index in [1.54, 1.807) is 6.20 Å². The van der Waals surface area contributed by atoms with Crippen LogP contribution in [0.2, 0.25) is 0 Å². The zero-order valence-corrected chi connectivity index (χ0v) is 12.5. The summed E-state index contributed by atoms with van der Waals surface area (Å²) in [6.07, 6.45) is 4.12. The lowest BCUT2D eigenvalue weighted by molar-refractivity contribution is 0.276. The van der Waals surface area contributed by atoms with Crippen LogP contribution < -0.4 is 5.32 Å². The molecule has 6 heteroatoms. The Kier molecular flexibility index (Phi) is 4.15. The largest absolute Gasteiger partial charge is 0.460 e. The number of aromatic nitrogens is 3. The Morgan fingerprint density at radius 2 is 2.33 bits per heavy atom. The fourth-order valence-electron chi connectivity index (χ4n) is 2.82. The van der Waals surface area contributed by atoms with E-state index >= 15 is 0 Å². The third kappa shape index (κ3) is 3.21. The molecule has 6 nitrogen and oxygen atoms in total. The van der Waals surface area contributed by atoms with Gasteiger partial charge in [-0.3, -0.25) is 4.90 Å². The van der Waals surface area contributed by atoms with Crippen molar-refractivity contribution in [3.8, 4) is 11.5 Å². The second kappa shape index (κ2) is 6.22. The van der Waals surface area contributed by atoms with Gasteiger partial charge in [0, 0.05) is 12.6 Å². The van der Waals surface area contributed by atoms with Gasteiger partial charge in [-0.2, -0.15) is 5.10 Å². The molecule has 0 bridgehead atoms. The highest BCUT2D eigenvalue weighted by Gasteiger charge is 2.22. The zero-order chi connectivity index (χ0) is 14.7. The first-order chi connectivity index (χ1) is 10.3. The van der Waals surface area contributed by atoms with Crippen molar-refractivity contribution in [3.63, 3.8) is 0 Å². The molecule has 0 amide bonds. The van der Waals surface area contributed by atoms with E-state index in [4.69, 9.17) is 4.42 Å². The molecule has 1 unspecified atom stereocenters. The number of likely N-dealkylation sites (N-methyl/N-ethyl adjacent to an activating group) is 1. The van der Waals surface area contributed by atoms with Crippen molar-refractivity contribution in [2.75, 3.05) is 25.0 Å². The molecular formula is C15H21N5O. The van der Waals surface area contributed by atoms with Crippen LogP contribution in [-0.2, 0) is 0 Å². The average Bonchev–Trinajstić information content (AvgIpc) is 3.14. The van der Waals surface area contributed by atoms with Gasteiger partial charge in [0.2, 0.25) is 5.95 Å². The molecule has 2 aromatic heterocycles. The van der Waals surface area contributed by atoms with Gasteiger partial charge in [0.05, 0.1) is 6.20 Å². The lowest BCUT2D eigenvalue weighted by Crippen LogP contribution is -2.35. The molecule has 0 spiro atoms. The lowest BCUT2D eigenvalue weighted by Gasteiger charge is -2.22. The van der Waals surface area contributed by atoms with Gasteiger partial charge in [-0.15, -0.1) is 5.10 Å². The quantitative estimate of drug-likeness (QED) is 0.910. The minimum Gasteiger partial charge on any atom is -0.460 e. The number of hydrogen-bond acceptors (Lipinski definition) is 6. The molecule has 1 aliphatic heterocycles. The number of anilines is 1. The molecule has 0 aliphatic carbocycles. The Hall–Kier alpha value is -1.95. The smallest absolute Gasteiger partial charge is 0.243 e. The van der Waals surface area contributed by atoms with E-state index in [1.165, 1.54) is 19.4 Å². The third-order valence-corrected chi connectivity index (χ3v) is 3.95. The summed E-state index contributed by atoms with van der Waals surface area (Å²) >= 11 is 0. The van der Waals surface area contributed by atoms with E-state index in [2.05, 4.69) is 32.3 Å². The van der Waals surface area contributed by atoms with Gasteiger partial charge < -0.3 is 9.73 Å². The molecule has 1 atom stereocenters. The van der Waals surface area contributed by atoms with E-state index in [-0.39, 0.29) is 0 Å². The summed E-state index contributed by atoms with van der Waals surface area (Å²) in [6, 6.07) is 4.38. The summed E-state index contributed by atoms with van der Waals surface area (Å²) in [5, 5.41) is 11.4. The first kappa shape index (κ1) is 14.0. The van der Waals surface area contributed by atoms with Gasteiger partial charge in [0.25, 0.3) is 0 Å². The van der Waals surface area contributed by atoms with Gasteiger partial charge in [-0.05, 0) is 45.0 Å². The van der Waals surface area contributed by atoms with Crippen molar-refractivity contribution in [2.24, 2.45) is 0 Å². The predicted octanol–water partition coefficient (Wildman–Crippen LogP) is 2.34. The number of rotatable bonds is 5. The van der Waals surface area contributed by atoms with Crippen LogP contribution in [0.1, 0.15) is 25.5 Å². The van der Waals surface area contributed by atoms with Gasteiger partial charge in [0.15, 0.2) is 5.76 Å². The van der Waals surface area contributed by atoms with Gasteiger partial charge in [-0.25, -0.2) is 4.98 Å². The topological polar surface area (TPSA) is 67.1 Å². The van der Waals surface area contributed by atoms with Crippen molar-refractivity contribution < 1.29 is 4.42 Å². The molecule has 0 saturated carbocycles. The van der Waals surface area contributed by atoms with Crippen molar-refractivity contribution in [1.82, 2.24) is 20.1 Å². The fourth-order valence-corrected chi connectivity index (χ4v) is 2.82. The number of nitrogens with zero attached hydrogens (tertiary/aromatic N) is 4. The molecule has 3 heterocycles. The van der Waals surface area contributed by atoms with E-state index in [1.807, 2.05) is 19.1 Å². The maximum atomic E-state index is 5.57. The Morgan fingerprint density at radius 1 is 1.43 bits per heavy atom. The van der Waals surface area contributed by atoms with Crippen LogP contribution in [0.15, 0.2) is 22.7 Å². The highest BCUT2D eigenvalue weighted by molar-refractivity contribution is 5.52. The van der Waals surface area contributed by atoms with Crippen molar-refractivity contribution in [3.05, 3.63) is 24.1 Å². The number of likely N-dealkylation sites (tertiary alicyclic amines) is 1. The molecular weight excluding hydrogens is 266 g/mol. The predicted molar refractivity (Wildman–Crippen MR) is 81.0 cm³/mol. The van der Waals surface area contributed by atoms with E-state index in [0.717, 1.165) is 24.6 Å². The second-order valence-electron chi connectivity index (χ2n) is 5.38. The highest BCUT2D eigenvalue weighted by atomic mass is 16.3. The molecule has 0 radical (unpaired) electrons. The molecule has 3 rings (SSSR count). The summed E-state index contributed by atoms with van der Waals surface area (Å²) in [6.45, 7) is 7.26. The molecule has 1 saturated heterocycles. The van der Waals surface area contributed by atoms with E-state index in [9.17, 15) is 0 Å². The minimum atomic E-state index is 0.560. The minimum absolute atomic E-state index is 0.560. The monoisotopic (exact) mass is 287 g/mol. The first-order valence-electron chi connectivity index (χ1n) is 7.50. The molecule has 21 heavy (non-hydrogen) atoms. The second-order valence-corrected chi connectivity index (χ2v) is 5.38. The van der Waals surface area contributed by atoms with Crippen LogP contribution >= 0.6 is 0 Å². The molecule has 0 aromatic carbocycles. The van der Waals surface area contributed by atoms with Crippen LogP contribution in [0.5, 0.6) is 0 Å². The lowest BCUT2D eigenvalue weighted by atomic mass is 10.2. The Bertz CT molecular complexity index is 597. The summed E-state index contributed by atoms with van der Waals surface area (Å²) in [7, 11) is 0. The Balaban J connectivity index is 1.66. The van der Waals surface area contributed by atoms with Crippen LogP contribution in [0.25, 0.3) is 11.5 Å². The van der Waals surface area contributed by atoms with Crippen LogP contribution in [-0.4, -0.2) is 45.8 Å². The summed E-state index contributed by atoms with van der Waals surface area (Å²) in [5.74, 6) is 2.15. The first-order valence-corrected chi connectivity index (χ1v) is 7.50. The van der Waals surface area contributed by atoms with Gasteiger partial charge >= 0.3 is 0 Å². The van der Waals surface area contributed by atoms with Crippen molar-refractivity contribution in [2.45, 2.75) is 32.7 Å².